The fourth-order valence-corrected chi connectivity index (χ4v) is 3.76. The fourth-order valence-electron chi connectivity index (χ4n) is 2.79. The maximum atomic E-state index is 12.0. The van der Waals surface area contributed by atoms with Crippen molar-refractivity contribution in [2.45, 2.75) is 26.2 Å². The zero-order valence-electron chi connectivity index (χ0n) is 15.8. The smallest absolute Gasteiger partial charge is 0.224 e. The van der Waals surface area contributed by atoms with Crippen LogP contribution in [-0.2, 0) is 4.79 Å². The largest absolute Gasteiger partial charge is 0.316 e. The van der Waals surface area contributed by atoms with E-state index in [-0.39, 0.29) is 11.8 Å². The van der Waals surface area contributed by atoms with E-state index in [9.17, 15) is 10.1 Å². The molecule has 0 bridgehead atoms. The van der Waals surface area contributed by atoms with Crippen LogP contribution in [0.5, 0.6) is 0 Å². The molecule has 1 heterocycles. The van der Waals surface area contributed by atoms with Crippen LogP contribution in [0.15, 0.2) is 66.7 Å². The maximum absolute atomic E-state index is 12.0. The molecule has 0 saturated carbocycles. The quantitative estimate of drug-likeness (QED) is 0.538. The monoisotopic (exact) mass is 387 g/mol. The van der Waals surface area contributed by atoms with Crippen molar-refractivity contribution in [3.05, 3.63) is 77.3 Å². The summed E-state index contributed by atoms with van der Waals surface area (Å²) in [5.41, 5.74) is 3.24. The molecule has 1 unspecified atom stereocenters. The average molecular weight is 388 g/mol. The number of thiazole rings is 1. The Labute approximate surface area is 169 Å². The lowest BCUT2D eigenvalue weighted by molar-refractivity contribution is -0.115. The van der Waals surface area contributed by atoms with E-state index in [1.165, 1.54) is 11.3 Å². The van der Waals surface area contributed by atoms with E-state index in [0.717, 1.165) is 11.1 Å². The van der Waals surface area contributed by atoms with Crippen LogP contribution in [0, 0.1) is 11.3 Å². The summed E-state index contributed by atoms with van der Waals surface area (Å²) in [6.45, 7) is 3.86. The van der Waals surface area contributed by atoms with Gasteiger partial charge in [-0.25, -0.2) is 4.98 Å². The molecule has 3 rings (SSSR count). The van der Waals surface area contributed by atoms with Crippen molar-refractivity contribution in [3.63, 3.8) is 0 Å². The first-order chi connectivity index (χ1) is 13.6. The molecule has 1 atom stereocenters. The van der Waals surface area contributed by atoms with Crippen molar-refractivity contribution in [3.8, 4) is 17.3 Å². The number of aromatic nitrogens is 1. The lowest BCUT2D eigenvalue weighted by atomic mass is 9.99. The predicted octanol–water partition coefficient (Wildman–Crippen LogP) is 5.87. The zero-order chi connectivity index (χ0) is 19.9. The predicted molar refractivity (Wildman–Crippen MR) is 115 cm³/mol. The third-order valence-corrected chi connectivity index (χ3v) is 5.35. The number of carbonyl (C=O) groups is 1. The van der Waals surface area contributed by atoms with Crippen molar-refractivity contribution in [2.24, 2.45) is 0 Å². The molecule has 2 aromatic carbocycles. The summed E-state index contributed by atoms with van der Waals surface area (Å²) in [7, 11) is 0. The van der Waals surface area contributed by atoms with Crippen LogP contribution in [0.3, 0.4) is 0 Å². The van der Waals surface area contributed by atoms with Gasteiger partial charge in [-0.05, 0) is 5.56 Å². The van der Waals surface area contributed by atoms with Gasteiger partial charge in [-0.15, -0.1) is 0 Å². The minimum atomic E-state index is -0.0764. The number of nitrogens with zero attached hydrogens (tertiary/aromatic N) is 2. The van der Waals surface area contributed by atoms with E-state index < -0.39 is 0 Å². The number of amides is 1. The Morgan fingerprint density at radius 3 is 2.43 bits per heavy atom. The highest BCUT2D eigenvalue weighted by molar-refractivity contribution is 7.17. The van der Waals surface area contributed by atoms with Gasteiger partial charge in [0.1, 0.15) is 21.8 Å². The van der Waals surface area contributed by atoms with Gasteiger partial charge in [0.25, 0.3) is 0 Å². The van der Waals surface area contributed by atoms with E-state index >= 15 is 0 Å². The normalized spacial score (nSPS) is 12.2. The van der Waals surface area contributed by atoms with E-state index in [0.29, 0.717) is 27.7 Å². The van der Waals surface area contributed by atoms with Gasteiger partial charge in [-0.2, -0.15) is 5.26 Å². The van der Waals surface area contributed by atoms with Gasteiger partial charge < -0.3 is 5.32 Å². The van der Waals surface area contributed by atoms with Gasteiger partial charge in [0, 0.05) is 17.9 Å². The maximum Gasteiger partial charge on any atom is 0.224 e. The van der Waals surface area contributed by atoms with Crippen LogP contribution in [0.2, 0.25) is 0 Å². The van der Waals surface area contributed by atoms with Crippen molar-refractivity contribution >= 4 is 27.8 Å². The Morgan fingerprint density at radius 2 is 1.82 bits per heavy atom. The molecule has 28 heavy (non-hydrogen) atoms. The van der Waals surface area contributed by atoms with Crippen LogP contribution in [0.1, 0.15) is 36.8 Å². The molecular formula is C23H21N3OS. The summed E-state index contributed by atoms with van der Waals surface area (Å²) in [4.78, 5) is 16.7. The standard InChI is InChI=1S/C23H21N3OS/c1-3-20(27)25-23-21(18-12-8-5-9-13-18)26-22(28-23)19(15-24)14-16(2)17-10-6-4-7-11-17/h4-14,16H,3H2,1-2H3,(H,25,27)/b19-14+. The van der Waals surface area contributed by atoms with Crippen LogP contribution in [-0.4, -0.2) is 10.9 Å². The summed E-state index contributed by atoms with van der Waals surface area (Å²) >= 11 is 1.33. The second kappa shape index (κ2) is 9.12. The summed E-state index contributed by atoms with van der Waals surface area (Å²) in [5.74, 6) is 0.00105. The Morgan fingerprint density at radius 1 is 1.18 bits per heavy atom. The van der Waals surface area contributed by atoms with E-state index in [1.807, 2.05) is 73.7 Å². The van der Waals surface area contributed by atoms with Gasteiger partial charge in [-0.3, -0.25) is 4.79 Å². The van der Waals surface area contributed by atoms with Crippen molar-refractivity contribution in [1.82, 2.24) is 4.98 Å². The summed E-state index contributed by atoms with van der Waals surface area (Å²) in [5, 5.41) is 13.9. The highest BCUT2D eigenvalue weighted by Gasteiger charge is 2.18. The molecule has 1 amide bonds. The van der Waals surface area contributed by atoms with E-state index in [2.05, 4.69) is 18.3 Å². The lowest BCUT2D eigenvalue weighted by Crippen LogP contribution is -2.08. The summed E-state index contributed by atoms with van der Waals surface area (Å²) < 4.78 is 0. The van der Waals surface area contributed by atoms with Crippen LogP contribution >= 0.6 is 11.3 Å². The molecule has 1 N–H and O–H groups in total. The second-order valence-electron chi connectivity index (χ2n) is 6.36. The Balaban J connectivity index is 2.01. The topological polar surface area (TPSA) is 65.8 Å². The Bertz CT molecular complexity index is 1020. The minimum absolute atomic E-state index is 0.0764. The van der Waals surface area contributed by atoms with Gasteiger partial charge in [0.2, 0.25) is 5.91 Å². The molecule has 0 aliphatic carbocycles. The molecule has 0 saturated heterocycles. The van der Waals surface area contributed by atoms with Gasteiger partial charge in [0.15, 0.2) is 0 Å². The van der Waals surface area contributed by atoms with E-state index in [4.69, 9.17) is 4.98 Å². The molecule has 3 aromatic rings. The molecule has 1 aromatic heterocycles. The molecule has 4 nitrogen and oxygen atoms in total. The first kappa shape index (κ1) is 19.5. The van der Waals surface area contributed by atoms with Crippen LogP contribution in [0.4, 0.5) is 5.00 Å². The number of allylic oxidation sites excluding steroid dienone is 2. The van der Waals surface area contributed by atoms with Gasteiger partial charge in [-0.1, -0.05) is 91.9 Å². The van der Waals surface area contributed by atoms with Crippen molar-refractivity contribution in [1.29, 1.82) is 5.26 Å². The first-order valence-corrected chi connectivity index (χ1v) is 9.97. The molecule has 140 valence electrons. The minimum Gasteiger partial charge on any atom is -0.316 e. The number of carbonyl (C=O) groups excluding carboxylic acids is 1. The zero-order valence-corrected chi connectivity index (χ0v) is 16.7. The molecule has 0 fully saturated rings. The fraction of sp³-hybridized carbons (Fsp3) is 0.174. The number of nitrogens with one attached hydrogen (secondary N) is 1. The molecule has 0 aliphatic heterocycles. The summed E-state index contributed by atoms with van der Waals surface area (Å²) in [6, 6.07) is 22.0. The third kappa shape index (κ3) is 4.54. The third-order valence-electron chi connectivity index (χ3n) is 4.34. The summed E-state index contributed by atoms with van der Waals surface area (Å²) in [6.07, 6.45) is 2.31. The van der Waals surface area contributed by atoms with Crippen molar-refractivity contribution in [2.75, 3.05) is 5.32 Å². The van der Waals surface area contributed by atoms with Crippen LogP contribution in [0.25, 0.3) is 16.8 Å². The lowest BCUT2D eigenvalue weighted by Gasteiger charge is -2.06. The Kier molecular flexibility index (Phi) is 6.36. The number of benzene rings is 2. The average Bonchev–Trinajstić information content (AvgIpc) is 3.16. The Hall–Kier alpha value is -3.23. The van der Waals surface area contributed by atoms with Crippen LogP contribution < -0.4 is 5.32 Å². The number of hydrogen-bond donors (Lipinski definition) is 1. The molecular weight excluding hydrogens is 366 g/mol. The van der Waals surface area contributed by atoms with Gasteiger partial charge >= 0.3 is 0 Å². The highest BCUT2D eigenvalue weighted by Crippen LogP contribution is 2.36. The van der Waals surface area contributed by atoms with Crippen molar-refractivity contribution < 1.29 is 4.79 Å². The van der Waals surface area contributed by atoms with E-state index in [1.54, 1.807) is 0 Å². The second-order valence-corrected chi connectivity index (χ2v) is 7.36. The number of rotatable bonds is 6. The number of hydrogen-bond acceptors (Lipinski definition) is 4. The molecule has 0 radical (unpaired) electrons. The number of anilines is 1. The highest BCUT2D eigenvalue weighted by atomic mass is 32.1. The molecule has 0 aliphatic rings. The SMILES string of the molecule is CCC(=O)Nc1sc(/C(C#N)=C/C(C)c2ccccc2)nc1-c1ccccc1. The number of nitriles is 1. The molecule has 0 spiro atoms. The van der Waals surface area contributed by atoms with Gasteiger partial charge in [0.05, 0.1) is 5.57 Å². The molecule has 5 heteroatoms. The first-order valence-electron chi connectivity index (χ1n) is 9.15.